The van der Waals surface area contributed by atoms with Crippen molar-refractivity contribution in [1.82, 2.24) is 9.88 Å². The lowest BCUT2D eigenvalue weighted by atomic mass is 10.1. The molecule has 0 aliphatic heterocycles. The van der Waals surface area contributed by atoms with Crippen LogP contribution in [0.2, 0.25) is 0 Å². The summed E-state index contributed by atoms with van der Waals surface area (Å²) >= 11 is 0. The summed E-state index contributed by atoms with van der Waals surface area (Å²) < 4.78 is 31.0. The third kappa shape index (κ3) is 3.91. The molecule has 1 N–H and O–H groups in total. The van der Waals surface area contributed by atoms with E-state index in [4.69, 9.17) is 9.78 Å². The Kier molecular flexibility index (Phi) is 4.17. The van der Waals surface area contributed by atoms with Crippen LogP contribution < -0.4 is 4.72 Å². The second-order valence-corrected chi connectivity index (χ2v) is 6.13. The molecule has 0 amide bonds. The zero-order chi connectivity index (χ0) is 14.6. The Morgan fingerprint density at radius 1 is 1.40 bits per heavy atom. The quantitative estimate of drug-likeness (QED) is 0.900. The Morgan fingerprint density at radius 2 is 2.20 bits per heavy atom. The average Bonchev–Trinajstić information content (AvgIpc) is 2.81. The summed E-state index contributed by atoms with van der Waals surface area (Å²) in [6.45, 7) is 1.83. The molecule has 0 fully saturated rings. The summed E-state index contributed by atoms with van der Waals surface area (Å²) in [4.78, 5) is 0. The Bertz CT molecular complexity index is 744. The van der Waals surface area contributed by atoms with E-state index in [0.29, 0.717) is 17.0 Å². The molecule has 2 rings (SSSR count). The van der Waals surface area contributed by atoms with Crippen LogP contribution in [0.15, 0.2) is 34.9 Å². The molecular formula is C13H13N3O3S. The van der Waals surface area contributed by atoms with Gasteiger partial charge in [-0.1, -0.05) is 17.3 Å². The first-order valence-corrected chi connectivity index (χ1v) is 7.52. The first kappa shape index (κ1) is 14.2. The molecule has 1 aromatic carbocycles. The molecule has 6 nitrogen and oxygen atoms in total. The fourth-order valence-corrected chi connectivity index (χ4v) is 2.69. The van der Waals surface area contributed by atoms with E-state index in [1.54, 1.807) is 37.3 Å². The Labute approximate surface area is 117 Å². The minimum absolute atomic E-state index is 0.134. The number of nitriles is 1. The van der Waals surface area contributed by atoms with Gasteiger partial charge >= 0.3 is 0 Å². The highest BCUT2D eigenvalue weighted by molar-refractivity contribution is 7.88. The lowest BCUT2D eigenvalue weighted by Gasteiger charge is -2.05. The van der Waals surface area contributed by atoms with Crippen LogP contribution >= 0.6 is 0 Å². The first-order chi connectivity index (χ1) is 9.48. The largest absolute Gasteiger partial charge is 0.361 e. The van der Waals surface area contributed by atoms with E-state index >= 15 is 0 Å². The Balaban J connectivity index is 2.00. The van der Waals surface area contributed by atoms with Gasteiger partial charge in [0.25, 0.3) is 0 Å². The van der Waals surface area contributed by atoms with Gasteiger partial charge in [0.05, 0.1) is 11.6 Å². The number of nitrogens with one attached hydrogen (secondary N) is 1. The van der Waals surface area contributed by atoms with E-state index in [1.165, 1.54) is 0 Å². The predicted octanol–water partition coefficient (Wildman–Crippen LogP) is 1.47. The summed E-state index contributed by atoms with van der Waals surface area (Å²) in [6, 6.07) is 10.4. The maximum Gasteiger partial charge on any atom is 0.217 e. The van der Waals surface area contributed by atoms with Crippen molar-refractivity contribution in [1.29, 1.82) is 5.26 Å². The van der Waals surface area contributed by atoms with E-state index < -0.39 is 10.0 Å². The van der Waals surface area contributed by atoms with Crippen LogP contribution in [0.3, 0.4) is 0 Å². The van der Waals surface area contributed by atoms with Crippen molar-refractivity contribution < 1.29 is 12.9 Å². The van der Waals surface area contributed by atoms with Gasteiger partial charge in [-0.05, 0) is 24.6 Å². The molecule has 0 spiro atoms. The van der Waals surface area contributed by atoms with Crippen LogP contribution in [-0.2, 0) is 22.3 Å². The normalized spacial score (nSPS) is 11.2. The van der Waals surface area contributed by atoms with Crippen LogP contribution in [0.1, 0.15) is 22.6 Å². The topological polar surface area (TPSA) is 96.0 Å². The fraction of sp³-hybridized carbons (Fsp3) is 0.231. The highest BCUT2D eigenvalue weighted by Crippen LogP contribution is 2.08. The van der Waals surface area contributed by atoms with Crippen LogP contribution in [0.5, 0.6) is 0 Å². The summed E-state index contributed by atoms with van der Waals surface area (Å²) in [7, 11) is -3.49. The highest BCUT2D eigenvalue weighted by Gasteiger charge is 2.14. The van der Waals surface area contributed by atoms with E-state index in [2.05, 4.69) is 9.88 Å². The Hall–Kier alpha value is -2.17. The number of sulfonamides is 1. The van der Waals surface area contributed by atoms with Gasteiger partial charge < -0.3 is 4.52 Å². The SMILES string of the molecule is Cc1cc(CS(=O)(=O)NCc2cccc(C#N)c2)no1. The van der Waals surface area contributed by atoms with Crippen molar-refractivity contribution in [2.75, 3.05) is 0 Å². The van der Waals surface area contributed by atoms with Gasteiger partial charge in [0.1, 0.15) is 17.2 Å². The monoisotopic (exact) mass is 291 g/mol. The van der Waals surface area contributed by atoms with E-state index in [1.807, 2.05) is 6.07 Å². The van der Waals surface area contributed by atoms with Crippen molar-refractivity contribution >= 4 is 10.0 Å². The number of rotatable bonds is 5. The third-order valence-electron chi connectivity index (χ3n) is 2.57. The van der Waals surface area contributed by atoms with Gasteiger partial charge in [-0.15, -0.1) is 0 Å². The van der Waals surface area contributed by atoms with Crippen molar-refractivity contribution in [3.05, 3.63) is 52.9 Å². The summed E-state index contributed by atoms with van der Waals surface area (Å²) in [5, 5.41) is 12.4. The van der Waals surface area contributed by atoms with Gasteiger partial charge in [0, 0.05) is 12.6 Å². The van der Waals surface area contributed by atoms with E-state index in [9.17, 15) is 8.42 Å². The van der Waals surface area contributed by atoms with Crippen LogP contribution in [0.4, 0.5) is 0 Å². The molecule has 1 aromatic heterocycles. The molecule has 0 radical (unpaired) electrons. The van der Waals surface area contributed by atoms with Gasteiger partial charge in [-0.25, -0.2) is 13.1 Å². The zero-order valence-corrected chi connectivity index (χ0v) is 11.6. The van der Waals surface area contributed by atoms with Crippen LogP contribution in [0.25, 0.3) is 0 Å². The number of hydrogen-bond donors (Lipinski definition) is 1. The molecule has 20 heavy (non-hydrogen) atoms. The van der Waals surface area contributed by atoms with Crippen LogP contribution in [-0.4, -0.2) is 13.6 Å². The molecule has 0 saturated carbocycles. The highest BCUT2D eigenvalue weighted by atomic mass is 32.2. The molecule has 0 aliphatic rings. The summed E-state index contributed by atoms with van der Waals surface area (Å²) in [5.74, 6) is 0.333. The number of nitrogens with zero attached hydrogens (tertiary/aromatic N) is 2. The molecular weight excluding hydrogens is 278 g/mol. The Morgan fingerprint density at radius 3 is 2.85 bits per heavy atom. The predicted molar refractivity (Wildman–Crippen MR) is 71.9 cm³/mol. The number of aromatic nitrogens is 1. The number of aryl methyl sites for hydroxylation is 1. The second-order valence-electron chi connectivity index (χ2n) is 4.32. The summed E-state index contributed by atoms with van der Waals surface area (Å²) in [5.41, 5.74) is 1.58. The molecule has 0 saturated heterocycles. The molecule has 0 bridgehead atoms. The lowest BCUT2D eigenvalue weighted by Crippen LogP contribution is -2.24. The fourth-order valence-electron chi connectivity index (χ4n) is 1.68. The van der Waals surface area contributed by atoms with E-state index in [-0.39, 0.29) is 12.3 Å². The summed E-state index contributed by atoms with van der Waals surface area (Å²) in [6.07, 6.45) is 0. The zero-order valence-electron chi connectivity index (χ0n) is 10.8. The van der Waals surface area contributed by atoms with Gasteiger partial charge in [0.15, 0.2) is 0 Å². The molecule has 0 aliphatic carbocycles. The maximum absolute atomic E-state index is 11.9. The molecule has 0 unspecified atom stereocenters. The third-order valence-corrected chi connectivity index (χ3v) is 3.83. The maximum atomic E-state index is 11.9. The van der Waals surface area contributed by atoms with Gasteiger partial charge in [-0.2, -0.15) is 5.26 Å². The van der Waals surface area contributed by atoms with Gasteiger partial charge in [0.2, 0.25) is 10.0 Å². The standard InChI is InChI=1S/C13H13N3O3S/c1-10-5-13(16-19-10)9-20(17,18)15-8-12-4-2-3-11(6-12)7-14/h2-6,15H,8-9H2,1H3. The number of hydrogen-bond acceptors (Lipinski definition) is 5. The van der Waals surface area contributed by atoms with Crippen molar-refractivity contribution in [2.45, 2.75) is 19.2 Å². The average molecular weight is 291 g/mol. The molecule has 0 atom stereocenters. The van der Waals surface area contributed by atoms with Crippen molar-refractivity contribution in [3.8, 4) is 6.07 Å². The smallest absolute Gasteiger partial charge is 0.217 e. The molecule has 1 heterocycles. The van der Waals surface area contributed by atoms with Gasteiger partial charge in [-0.3, -0.25) is 0 Å². The second kappa shape index (κ2) is 5.86. The minimum atomic E-state index is -3.49. The molecule has 104 valence electrons. The first-order valence-electron chi connectivity index (χ1n) is 5.87. The van der Waals surface area contributed by atoms with Crippen molar-refractivity contribution in [2.24, 2.45) is 0 Å². The van der Waals surface area contributed by atoms with E-state index in [0.717, 1.165) is 5.56 Å². The molecule has 7 heteroatoms. The number of benzene rings is 1. The van der Waals surface area contributed by atoms with Crippen LogP contribution in [0, 0.1) is 18.3 Å². The van der Waals surface area contributed by atoms with Crippen molar-refractivity contribution in [3.63, 3.8) is 0 Å². The lowest BCUT2D eigenvalue weighted by molar-refractivity contribution is 0.392. The molecule has 2 aromatic rings. The minimum Gasteiger partial charge on any atom is -0.361 e.